The van der Waals surface area contributed by atoms with Crippen LogP contribution in [0.1, 0.15) is 32.1 Å². The van der Waals surface area contributed by atoms with E-state index in [1.807, 2.05) is 0 Å². The van der Waals surface area contributed by atoms with Gasteiger partial charge >= 0.3 is 0 Å². The zero-order chi connectivity index (χ0) is 13.7. The van der Waals surface area contributed by atoms with Crippen LogP contribution in [0.2, 0.25) is 5.02 Å². The molecule has 118 valence electrons. The molecule has 1 fully saturated rings. The van der Waals surface area contributed by atoms with Crippen LogP contribution in [-0.2, 0) is 0 Å². The molecule has 2 aromatic heterocycles. The molecule has 22 heavy (non-hydrogen) atoms. The van der Waals surface area contributed by atoms with E-state index in [2.05, 4.69) is 15.3 Å². The molecule has 0 saturated carbocycles. The van der Waals surface area contributed by atoms with Crippen LogP contribution in [-0.4, -0.2) is 16.5 Å². The molecule has 1 saturated heterocycles. The van der Waals surface area contributed by atoms with Crippen molar-refractivity contribution in [3.8, 4) is 0 Å². The van der Waals surface area contributed by atoms with E-state index in [4.69, 9.17) is 16.0 Å². The smallest absolute Gasteiger partial charge is 0.294 e. The van der Waals surface area contributed by atoms with Crippen LogP contribution < -0.4 is 10.9 Å². The van der Waals surface area contributed by atoms with E-state index >= 15 is 0 Å². The molecule has 3 heterocycles. The number of aromatic nitrogens is 2. The molecule has 0 unspecified atom stereocenters. The second-order valence-corrected chi connectivity index (χ2v) is 5.46. The number of fused-ring (bicyclic) bond motifs is 3. The van der Waals surface area contributed by atoms with Gasteiger partial charge in [0.2, 0.25) is 5.58 Å². The van der Waals surface area contributed by atoms with Crippen LogP contribution in [0, 0.1) is 0 Å². The molecule has 1 aliphatic heterocycles. The zero-order valence-corrected chi connectivity index (χ0v) is 12.6. The van der Waals surface area contributed by atoms with Crippen LogP contribution in [0.25, 0.3) is 22.1 Å². The number of halogens is 2. The fraction of sp³-hybridized carbons (Fsp3) is 0.333. The van der Waals surface area contributed by atoms with Gasteiger partial charge in [-0.15, -0.1) is 12.4 Å². The van der Waals surface area contributed by atoms with Crippen LogP contribution in [0.5, 0.6) is 0 Å². The second-order valence-electron chi connectivity index (χ2n) is 5.02. The van der Waals surface area contributed by atoms with E-state index < -0.39 is 0 Å². The molecular weight excluding hydrogens is 325 g/mol. The van der Waals surface area contributed by atoms with Crippen LogP contribution in [0.4, 0.5) is 0 Å². The average Bonchev–Trinajstić information content (AvgIpc) is 3.06. The van der Waals surface area contributed by atoms with Crippen molar-refractivity contribution in [2.24, 2.45) is 0 Å². The van der Waals surface area contributed by atoms with Crippen LogP contribution in [0.3, 0.4) is 0 Å². The number of nitrogens with zero attached hydrogens (tertiary/aromatic N) is 1. The van der Waals surface area contributed by atoms with Gasteiger partial charge in [-0.3, -0.25) is 4.79 Å². The Kier molecular flexibility index (Phi) is 4.80. The maximum atomic E-state index is 12.2. The topological polar surface area (TPSA) is 70.9 Å². The second kappa shape index (κ2) is 6.28. The van der Waals surface area contributed by atoms with Gasteiger partial charge in [-0.05, 0) is 37.6 Å². The molecule has 2 N–H and O–H groups in total. The molecule has 1 atom stereocenters. The van der Waals surface area contributed by atoms with E-state index in [1.54, 1.807) is 18.2 Å². The van der Waals surface area contributed by atoms with E-state index in [0.29, 0.717) is 21.9 Å². The Bertz CT molecular complexity index is 866. The monoisotopic (exact) mass is 341 g/mol. The molecule has 0 bridgehead atoms. The third-order valence-electron chi connectivity index (χ3n) is 3.69. The number of aromatic amines is 1. The van der Waals surface area contributed by atoms with Crippen molar-refractivity contribution >= 4 is 46.1 Å². The van der Waals surface area contributed by atoms with Gasteiger partial charge in [-0.2, -0.15) is 0 Å². The Morgan fingerprint density at radius 2 is 2.18 bits per heavy atom. The number of furan rings is 1. The summed E-state index contributed by atoms with van der Waals surface area (Å²) < 4.78 is 5.57. The number of hydrogen-bond acceptors (Lipinski definition) is 4. The Morgan fingerprint density at radius 3 is 2.91 bits per heavy atom. The summed E-state index contributed by atoms with van der Waals surface area (Å²) in [6, 6.07) is 5.38. The summed E-state index contributed by atoms with van der Waals surface area (Å²) in [6.45, 7) is 0.949. The highest BCUT2D eigenvalue weighted by Gasteiger charge is 2.21. The molecular formula is C15H17Cl2N3O2. The van der Waals surface area contributed by atoms with Gasteiger partial charge in [0.25, 0.3) is 5.56 Å². The van der Waals surface area contributed by atoms with Gasteiger partial charge < -0.3 is 14.7 Å². The van der Waals surface area contributed by atoms with E-state index in [0.717, 1.165) is 24.8 Å². The maximum Gasteiger partial charge on any atom is 0.294 e. The minimum Gasteiger partial charge on any atom is -0.449 e. The predicted molar refractivity (Wildman–Crippen MR) is 91.1 cm³/mol. The van der Waals surface area contributed by atoms with Crippen LogP contribution >= 0.6 is 24.0 Å². The van der Waals surface area contributed by atoms with Gasteiger partial charge in [-0.1, -0.05) is 19.0 Å². The number of nitrogens with one attached hydrogen (secondary N) is 2. The molecule has 3 aromatic rings. The van der Waals surface area contributed by atoms with Crippen molar-refractivity contribution in [2.45, 2.75) is 26.3 Å². The lowest BCUT2D eigenvalue weighted by molar-refractivity contribution is 0.600. The average molecular weight is 342 g/mol. The minimum absolute atomic E-state index is 0. The van der Waals surface area contributed by atoms with Gasteiger partial charge in [0.15, 0.2) is 0 Å². The molecule has 7 heteroatoms. The number of rotatable bonds is 1. The van der Waals surface area contributed by atoms with Crippen molar-refractivity contribution in [1.29, 1.82) is 0 Å². The predicted octanol–water partition coefficient (Wildman–Crippen LogP) is 3.81. The molecule has 5 nitrogen and oxygen atoms in total. The molecule has 1 aliphatic rings. The maximum absolute atomic E-state index is 12.2. The van der Waals surface area contributed by atoms with Crippen LogP contribution in [0.15, 0.2) is 27.4 Å². The van der Waals surface area contributed by atoms with Crippen molar-refractivity contribution in [1.82, 2.24) is 15.3 Å². The van der Waals surface area contributed by atoms with Gasteiger partial charge in [0, 0.05) is 10.4 Å². The van der Waals surface area contributed by atoms with Crippen molar-refractivity contribution < 1.29 is 4.42 Å². The summed E-state index contributed by atoms with van der Waals surface area (Å²) >= 11 is 6.01. The number of hydrogen-bond donors (Lipinski definition) is 2. The lowest BCUT2D eigenvalue weighted by Crippen LogP contribution is -2.20. The standard InChI is InChI=1S/C14H12ClN3O2.CH4.ClH/c15-7-3-4-10-8(6-7)11-12(20-10)14(19)18-13(17-11)9-2-1-5-16-9;;/h3-4,6,9,16H,1-2,5H2,(H,17,18,19);1H4;1H/t9-;;/m0../s1. The summed E-state index contributed by atoms with van der Waals surface area (Å²) in [5.41, 5.74) is 1.21. The minimum atomic E-state index is -0.244. The third kappa shape index (κ3) is 2.60. The molecule has 4 rings (SSSR count). The summed E-state index contributed by atoms with van der Waals surface area (Å²) in [6.07, 6.45) is 2.06. The highest BCUT2D eigenvalue weighted by molar-refractivity contribution is 6.31. The van der Waals surface area contributed by atoms with E-state index in [-0.39, 0.29) is 37.0 Å². The first kappa shape index (κ1) is 16.8. The zero-order valence-electron chi connectivity index (χ0n) is 11.0. The fourth-order valence-corrected chi connectivity index (χ4v) is 2.90. The Labute approximate surface area is 138 Å². The largest absolute Gasteiger partial charge is 0.449 e. The SMILES string of the molecule is C.Cl.O=c1[nH]c([C@@H]2CCCN2)nc2c1oc1ccc(Cl)cc12. The van der Waals surface area contributed by atoms with Gasteiger partial charge in [0.1, 0.15) is 16.9 Å². The van der Waals surface area contributed by atoms with Crippen molar-refractivity contribution in [2.75, 3.05) is 6.54 Å². The first-order chi connectivity index (χ1) is 9.72. The quantitative estimate of drug-likeness (QED) is 0.706. The Balaban J connectivity index is 0.000000882. The summed E-state index contributed by atoms with van der Waals surface area (Å²) in [5.74, 6) is 0.669. The number of H-pyrrole nitrogens is 1. The lowest BCUT2D eigenvalue weighted by Gasteiger charge is -2.08. The first-order valence-corrected chi connectivity index (χ1v) is 6.95. The highest BCUT2D eigenvalue weighted by Crippen LogP contribution is 2.29. The normalized spacial score (nSPS) is 17.4. The molecule has 0 spiro atoms. The summed E-state index contributed by atoms with van der Waals surface area (Å²) in [5, 5.41) is 4.70. The van der Waals surface area contributed by atoms with Crippen molar-refractivity contribution in [3.63, 3.8) is 0 Å². The fourth-order valence-electron chi connectivity index (χ4n) is 2.73. The Morgan fingerprint density at radius 1 is 1.36 bits per heavy atom. The van der Waals surface area contributed by atoms with E-state index in [1.165, 1.54) is 0 Å². The summed E-state index contributed by atoms with van der Waals surface area (Å²) in [4.78, 5) is 19.5. The molecule has 0 amide bonds. The molecule has 0 aliphatic carbocycles. The highest BCUT2D eigenvalue weighted by atomic mass is 35.5. The Hall–Kier alpha value is -1.56. The molecule has 0 radical (unpaired) electrons. The third-order valence-corrected chi connectivity index (χ3v) is 3.93. The summed E-state index contributed by atoms with van der Waals surface area (Å²) in [7, 11) is 0. The van der Waals surface area contributed by atoms with Crippen molar-refractivity contribution in [3.05, 3.63) is 39.4 Å². The lowest BCUT2D eigenvalue weighted by atomic mass is 10.2. The van der Waals surface area contributed by atoms with Gasteiger partial charge in [-0.25, -0.2) is 4.98 Å². The van der Waals surface area contributed by atoms with E-state index in [9.17, 15) is 4.79 Å². The first-order valence-electron chi connectivity index (χ1n) is 6.58. The van der Waals surface area contributed by atoms with Gasteiger partial charge in [0.05, 0.1) is 6.04 Å². The number of benzene rings is 1. The molecule has 1 aromatic carbocycles.